The lowest BCUT2D eigenvalue weighted by atomic mass is 9.94. The Balaban J connectivity index is 0.00000338. The van der Waals surface area contributed by atoms with Crippen LogP contribution >= 0.6 is 35.7 Å². The zero-order valence-electron chi connectivity index (χ0n) is 15.9. The molecule has 0 saturated carbocycles. The van der Waals surface area contributed by atoms with E-state index in [9.17, 15) is 0 Å². The summed E-state index contributed by atoms with van der Waals surface area (Å²) in [5.41, 5.74) is -0.0459. The minimum absolute atomic E-state index is 0. The van der Waals surface area contributed by atoms with Crippen molar-refractivity contribution in [2.45, 2.75) is 39.2 Å². The number of halogens is 1. The number of aliphatic imine (C=N–C) groups is 1. The first-order valence-electron chi connectivity index (χ1n) is 8.47. The van der Waals surface area contributed by atoms with Crippen molar-refractivity contribution in [3.63, 3.8) is 0 Å². The SMILES string of the molecule is CSCCNC(=NCc1ncc(C(C)(C)C)o1)NCCc1ccco1.I. The number of hydrogen-bond donors (Lipinski definition) is 2. The molecule has 0 atom stereocenters. The number of thioether (sulfide) groups is 1. The Hall–Kier alpha value is -1.16. The fraction of sp³-hybridized carbons (Fsp3) is 0.556. The lowest BCUT2D eigenvalue weighted by molar-refractivity contribution is 0.383. The Bertz CT molecular complexity index is 650. The topological polar surface area (TPSA) is 75.6 Å². The molecular weight excluding hydrogens is 463 g/mol. The standard InChI is InChI=1S/C18H28N4O2S.HI/c1-18(2,3)15-12-21-16(24-15)13-22-17(20-9-11-25-4)19-8-7-14-6-5-10-23-14;/h5-6,10,12H,7-9,11,13H2,1-4H3,(H2,19,20,22);1H. The molecule has 146 valence electrons. The maximum atomic E-state index is 5.79. The van der Waals surface area contributed by atoms with Crippen molar-refractivity contribution in [3.05, 3.63) is 42.0 Å². The van der Waals surface area contributed by atoms with Gasteiger partial charge in [0, 0.05) is 30.7 Å². The Morgan fingerprint density at radius 2 is 2.04 bits per heavy atom. The van der Waals surface area contributed by atoms with E-state index in [2.05, 4.69) is 47.6 Å². The third-order valence-corrected chi connectivity index (χ3v) is 4.12. The van der Waals surface area contributed by atoms with Gasteiger partial charge in [0.1, 0.15) is 18.1 Å². The van der Waals surface area contributed by atoms with Crippen LogP contribution in [0.5, 0.6) is 0 Å². The van der Waals surface area contributed by atoms with E-state index in [4.69, 9.17) is 8.83 Å². The summed E-state index contributed by atoms with van der Waals surface area (Å²) < 4.78 is 11.1. The molecule has 2 N–H and O–H groups in total. The molecule has 8 heteroatoms. The van der Waals surface area contributed by atoms with Crippen molar-refractivity contribution in [2.75, 3.05) is 25.1 Å². The highest BCUT2D eigenvalue weighted by atomic mass is 127. The fourth-order valence-electron chi connectivity index (χ4n) is 2.08. The molecule has 0 saturated heterocycles. The van der Waals surface area contributed by atoms with Crippen LogP contribution in [0, 0.1) is 0 Å². The van der Waals surface area contributed by atoms with Crippen LogP contribution in [0.1, 0.15) is 38.2 Å². The predicted octanol–water partition coefficient (Wildman–Crippen LogP) is 3.82. The molecule has 2 heterocycles. The maximum Gasteiger partial charge on any atom is 0.216 e. The van der Waals surface area contributed by atoms with Gasteiger partial charge in [0.25, 0.3) is 0 Å². The summed E-state index contributed by atoms with van der Waals surface area (Å²) in [4.78, 5) is 8.90. The van der Waals surface area contributed by atoms with Crippen LogP contribution in [0.25, 0.3) is 0 Å². The van der Waals surface area contributed by atoms with E-state index >= 15 is 0 Å². The summed E-state index contributed by atoms with van der Waals surface area (Å²) in [6.07, 6.45) is 6.37. The fourth-order valence-corrected chi connectivity index (χ4v) is 2.39. The Morgan fingerprint density at radius 1 is 1.27 bits per heavy atom. The second-order valence-corrected chi connectivity index (χ2v) is 7.69. The van der Waals surface area contributed by atoms with Gasteiger partial charge in [0.05, 0.1) is 12.5 Å². The smallest absolute Gasteiger partial charge is 0.216 e. The Kier molecular flexibility index (Phi) is 10.1. The number of hydrogen-bond acceptors (Lipinski definition) is 5. The molecule has 0 aliphatic carbocycles. The second kappa shape index (κ2) is 11.5. The molecule has 0 aliphatic rings. The molecule has 2 rings (SSSR count). The van der Waals surface area contributed by atoms with Gasteiger partial charge in [-0.1, -0.05) is 20.8 Å². The van der Waals surface area contributed by atoms with Gasteiger partial charge in [-0.15, -0.1) is 24.0 Å². The van der Waals surface area contributed by atoms with E-state index in [0.717, 1.165) is 42.7 Å². The number of furan rings is 1. The van der Waals surface area contributed by atoms with Crippen molar-refractivity contribution >= 4 is 41.7 Å². The molecule has 0 fully saturated rings. The third kappa shape index (κ3) is 8.03. The van der Waals surface area contributed by atoms with Crippen LogP contribution in [-0.4, -0.2) is 36.0 Å². The first-order chi connectivity index (χ1) is 12.0. The van der Waals surface area contributed by atoms with Gasteiger partial charge < -0.3 is 19.5 Å². The summed E-state index contributed by atoms with van der Waals surface area (Å²) in [5, 5.41) is 6.65. The molecule has 0 bridgehead atoms. The molecule has 0 aromatic carbocycles. The van der Waals surface area contributed by atoms with Crippen LogP contribution < -0.4 is 10.6 Å². The molecular formula is C18H29IN4O2S. The van der Waals surface area contributed by atoms with Crippen LogP contribution in [0.2, 0.25) is 0 Å². The van der Waals surface area contributed by atoms with E-state index in [1.54, 1.807) is 24.2 Å². The number of aromatic nitrogens is 1. The third-order valence-electron chi connectivity index (χ3n) is 3.51. The predicted molar refractivity (Wildman–Crippen MR) is 119 cm³/mol. The van der Waals surface area contributed by atoms with Crippen molar-refractivity contribution in [2.24, 2.45) is 4.99 Å². The van der Waals surface area contributed by atoms with E-state index in [0.29, 0.717) is 12.4 Å². The molecule has 0 spiro atoms. The van der Waals surface area contributed by atoms with Crippen LogP contribution in [-0.2, 0) is 18.4 Å². The molecule has 6 nitrogen and oxygen atoms in total. The Labute approximate surface area is 177 Å². The van der Waals surface area contributed by atoms with Crippen LogP contribution in [0.4, 0.5) is 0 Å². The summed E-state index contributed by atoms with van der Waals surface area (Å²) in [7, 11) is 0. The van der Waals surface area contributed by atoms with E-state index < -0.39 is 0 Å². The molecule has 0 aliphatic heterocycles. The van der Waals surface area contributed by atoms with Crippen molar-refractivity contribution in [1.82, 2.24) is 15.6 Å². The number of guanidine groups is 1. The first-order valence-corrected chi connectivity index (χ1v) is 9.87. The first kappa shape index (κ1) is 22.9. The van der Waals surface area contributed by atoms with E-state index in [-0.39, 0.29) is 29.4 Å². The number of nitrogens with one attached hydrogen (secondary N) is 2. The molecule has 0 radical (unpaired) electrons. The van der Waals surface area contributed by atoms with Gasteiger partial charge in [-0.3, -0.25) is 0 Å². The highest BCUT2D eigenvalue weighted by molar-refractivity contribution is 14.0. The van der Waals surface area contributed by atoms with Gasteiger partial charge >= 0.3 is 0 Å². The van der Waals surface area contributed by atoms with Gasteiger partial charge in [0.15, 0.2) is 5.96 Å². The quantitative estimate of drug-likeness (QED) is 0.253. The largest absolute Gasteiger partial charge is 0.469 e. The zero-order valence-corrected chi connectivity index (χ0v) is 19.0. The van der Waals surface area contributed by atoms with Gasteiger partial charge in [0.2, 0.25) is 5.89 Å². The Morgan fingerprint density at radius 3 is 2.65 bits per heavy atom. The molecule has 2 aromatic rings. The lowest BCUT2D eigenvalue weighted by Crippen LogP contribution is -2.39. The number of rotatable bonds is 8. The van der Waals surface area contributed by atoms with Crippen molar-refractivity contribution < 1.29 is 8.83 Å². The minimum Gasteiger partial charge on any atom is -0.469 e. The second-order valence-electron chi connectivity index (χ2n) is 6.71. The number of nitrogens with zero attached hydrogens (tertiary/aromatic N) is 2. The summed E-state index contributed by atoms with van der Waals surface area (Å²) in [6, 6.07) is 3.87. The lowest BCUT2D eigenvalue weighted by Gasteiger charge is -2.13. The number of oxazole rings is 1. The molecule has 2 aromatic heterocycles. The minimum atomic E-state index is -0.0459. The van der Waals surface area contributed by atoms with E-state index in [1.807, 2.05) is 12.1 Å². The van der Waals surface area contributed by atoms with Crippen molar-refractivity contribution in [1.29, 1.82) is 0 Å². The summed E-state index contributed by atoms with van der Waals surface area (Å²) >= 11 is 1.79. The summed E-state index contributed by atoms with van der Waals surface area (Å²) in [6.45, 7) is 8.32. The monoisotopic (exact) mass is 492 g/mol. The van der Waals surface area contributed by atoms with Gasteiger partial charge in [-0.2, -0.15) is 11.8 Å². The molecule has 26 heavy (non-hydrogen) atoms. The average molecular weight is 492 g/mol. The maximum absolute atomic E-state index is 5.79. The molecule has 0 amide bonds. The zero-order chi connectivity index (χ0) is 18.1. The highest BCUT2D eigenvalue weighted by Gasteiger charge is 2.19. The summed E-state index contributed by atoms with van der Waals surface area (Å²) in [5.74, 6) is 4.24. The van der Waals surface area contributed by atoms with Crippen molar-refractivity contribution in [3.8, 4) is 0 Å². The average Bonchev–Trinajstić information content (AvgIpc) is 3.23. The molecule has 0 unspecified atom stereocenters. The van der Waals surface area contributed by atoms with Crippen LogP contribution in [0.3, 0.4) is 0 Å². The van der Waals surface area contributed by atoms with Gasteiger partial charge in [-0.25, -0.2) is 9.98 Å². The van der Waals surface area contributed by atoms with E-state index in [1.165, 1.54) is 0 Å². The highest BCUT2D eigenvalue weighted by Crippen LogP contribution is 2.22. The normalized spacial score (nSPS) is 11.9. The van der Waals surface area contributed by atoms with Gasteiger partial charge in [-0.05, 0) is 18.4 Å². The van der Waals surface area contributed by atoms with Crippen LogP contribution in [0.15, 0.2) is 38.4 Å².